The van der Waals surface area contributed by atoms with E-state index in [2.05, 4.69) is 27.5 Å². The molecule has 0 radical (unpaired) electrons. The number of carbonyl (C=O) groups is 1. The molecule has 26 heavy (non-hydrogen) atoms. The molecule has 1 amide bonds. The number of benzene rings is 1. The first-order chi connectivity index (χ1) is 12.5. The van der Waals surface area contributed by atoms with E-state index in [0.29, 0.717) is 13.0 Å². The zero-order valence-corrected chi connectivity index (χ0v) is 15.8. The van der Waals surface area contributed by atoms with Crippen LogP contribution in [0, 0.1) is 5.82 Å². The topological polar surface area (TPSA) is 56.8 Å². The van der Waals surface area contributed by atoms with Gasteiger partial charge in [0, 0.05) is 51.1 Å². The van der Waals surface area contributed by atoms with Gasteiger partial charge in [-0.1, -0.05) is 0 Å². The maximum atomic E-state index is 13.9. The van der Waals surface area contributed by atoms with Crippen molar-refractivity contribution >= 4 is 11.6 Å². The van der Waals surface area contributed by atoms with Gasteiger partial charge in [0.05, 0.1) is 18.2 Å². The normalized spacial score (nSPS) is 25.3. The van der Waals surface area contributed by atoms with Crippen molar-refractivity contribution in [2.24, 2.45) is 0 Å². The minimum Gasteiger partial charge on any atom is -0.380 e. The first kappa shape index (κ1) is 19.1. The zero-order valence-electron chi connectivity index (χ0n) is 15.8. The lowest BCUT2D eigenvalue weighted by Gasteiger charge is -2.36. The number of likely N-dealkylation sites (N-methyl/N-ethyl adjacent to an activating group) is 1. The second-order valence-corrected chi connectivity index (χ2v) is 7.28. The highest BCUT2D eigenvalue weighted by atomic mass is 19.1. The number of piperazine rings is 1. The molecule has 3 atom stereocenters. The highest BCUT2D eigenvalue weighted by Gasteiger charge is 2.30. The second kappa shape index (κ2) is 8.33. The van der Waals surface area contributed by atoms with Crippen LogP contribution < -0.4 is 15.5 Å². The molecule has 0 saturated carbocycles. The Morgan fingerprint density at radius 1 is 1.35 bits per heavy atom. The van der Waals surface area contributed by atoms with Gasteiger partial charge in [0.25, 0.3) is 0 Å². The summed E-state index contributed by atoms with van der Waals surface area (Å²) in [7, 11) is 3.76. The lowest BCUT2D eigenvalue weighted by atomic mass is 10.0. The molecule has 144 valence electrons. The van der Waals surface area contributed by atoms with Gasteiger partial charge < -0.3 is 25.2 Å². The third-order valence-corrected chi connectivity index (χ3v) is 5.40. The predicted octanol–water partition coefficient (Wildman–Crippen LogP) is 1.13. The number of ether oxygens (including phenoxy) is 1. The molecule has 2 heterocycles. The van der Waals surface area contributed by atoms with Crippen LogP contribution in [0.25, 0.3) is 0 Å². The predicted molar refractivity (Wildman–Crippen MR) is 99.9 cm³/mol. The van der Waals surface area contributed by atoms with Crippen LogP contribution in [0.2, 0.25) is 0 Å². The summed E-state index contributed by atoms with van der Waals surface area (Å²) in [5.74, 6) is -0.344. The number of hydrogen-bond acceptors (Lipinski definition) is 5. The van der Waals surface area contributed by atoms with Crippen molar-refractivity contribution in [2.45, 2.75) is 31.5 Å². The van der Waals surface area contributed by atoms with Gasteiger partial charge in [0.1, 0.15) is 5.82 Å². The number of carbonyl (C=O) groups excluding carboxylic acids is 1. The van der Waals surface area contributed by atoms with Gasteiger partial charge in [-0.25, -0.2) is 4.39 Å². The SMILES string of the molecule is CO[C@H]1CN[C@H](C(=O)NC(C)c2cc(F)ccc2N2CCN(C)CC2)C1. The van der Waals surface area contributed by atoms with Crippen molar-refractivity contribution < 1.29 is 13.9 Å². The fourth-order valence-electron chi connectivity index (χ4n) is 3.68. The van der Waals surface area contributed by atoms with Gasteiger partial charge in [-0.3, -0.25) is 4.79 Å². The molecular formula is C19H29FN4O2. The largest absolute Gasteiger partial charge is 0.380 e. The molecule has 1 unspecified atom stereocenters. The summed E-state index contributed by atoms with van der Waals surface area (Å²) < 4.78 is 19.2. The van der Waals surface area contributed by atoms with Crippen LogP contribution >= 0.6 is 0 Å². The first-order valence-electron chi connectivity index (χ1n) is 9.27. The maximum Gasteiger partial charge on any atom is 0.237 e. The molecule has 3 rings (SSSR count). The average Bonchev–Trinajstić information content (AvgIpc) is 3.12. The first-order valence-corrected chi connectivity index (χ1v) is 9.27. The van der Waals surface area contributed by atoms with Crippen molar-refractivity contribution in [1.29, 1.82) is 0 Å². The van der Waals surface area contributed by atoms with E-state index in [1.54, 1.807) is 13.2 Å². The third kappa shape index (κ3) is 4.34. The van der Waals surface area contributed by atoms with Crippen molar-refractivity contribution in [1.82, 2.24) is 15.5 Å². The van der Waals surface area contributed by atoms with Gasteiger partial charge >= 0.3 is 0 Å². The van der Waals surface area contributed by atoms with Gasteiger partial charge in [0.2, 0.25) is 5.91 Å². The highest BCUT2D eigenvalue weighted by molar-refractivity contribution is 5.82. The minimum atomic E-state index is -0.280. The monoisotopic (exact) mass is 364 g/mol. The van der Waals surface area contributed by atoms with E-state index < -0.39 is 0 Å². The second-order valence-electron chi connectivity index (χ2n) is 7.28. The number of methoxy groups -OCH3 is 1. The molecule has 7 heteroatoms. The van der Waals surface area contributed by atoms with Crippen LogP contribution in [0.5, 0.6) is 0 Å². The van der Waals surface area contributed by atoms with E-state index >= 15 is 0 Å². The Balaban J connectivity index is 1.71. The maximum absolute atomic E-state index is 13.9. The third-order valence-electron chi connectivity index (χ3n) is 5.40. The summed E-state index contributed by atoms with van der Waals surface area (Å²) in [5.41, 5.74) is 1.82. The number of rotatable bonds is 5. The van der Waals surface area contributed by atoms with E-state index in [1.165, 1.54) is 6.07 Å². The summed E-state index contributed by atoms with van der Waals surface area (Å²) in [6.07, 6.45) is 0.722. The Morgan fingerprint density at radius 3 is 2.73 bits per heavy atom. The van der Waals surface area contributed by atoms with Crippen LogP contribution in [0.1, 0.15) is 24.9 Å². The number of anilines is 1. The van der Waals surface area contributed by atoms with E-state index in [1.807, 2.05) is 13.0 Å². The summed E-state index contributed by atoms with van der Waals surface area (Å²) in [6, 6.07) is 4.33. The Kier molecular flexibility index (Phi) is 6.11. The molecular weight excluding hydrogens is 335 g/mol. The van der Waals surface area contributed by atoms with Gasteiger partial charge in [-0.15, -0.1) is 0 Å². The summed E-state index contributed by atoms with van der Waals surface area (Å²) in [5, 5.41) is 6.22. The molecule has 2 N–H and O–H groups in total. The molecule has 1 aromatic rings. The molecule has 2 fully saturated rings. The van der Waals surface area contributed by atoms with Crippen molar-refractivity contribution in [3.63, 3.8) is 0 Å². The number of hydrogen-bond donors (Lipinski definition) is 2. The van der Waals surface area contributed by atoms with Crippen LogP contribution in [-0.4, -0.2) is 69.8 Å². The molecule has 0 aliphatic carbocycles. The van der Waals surface area contributed by atoms with Crippen LogP contribution in [-0.2, 0) is 9.53 Å². The summed E-state index contributed by atoms with van der Waals surface area (Å²) in [4.78, 5) is 17.1. The Labute approximate surface area is 154 Å². The lowest BCUT2D eigenvalue weighted by molar-refractivity contribution is -0.123. The van der Waals surface area contributed by atoms with Crippen LogP contribution in [0.3, 0.4) is 0 Å². The van der Waals surface area contributed by atoms with Crippen molar-refractivity contribution in [2.75, 3.05) is 51.8 Å². The Bertz CT molecular complexity index is 634. The number of amides is 1. The molecule has 2 saturated heterocycles. The molecule has 0 bridgehead atoms. The van der Waals surface area contributed by atoms with Gasteiger partial charge in [-0.2, -0.15) is 0 Å². The quantitative estimate of drug-likeness (QED) is 0.820. The van der Waals surface area contributed by atoms with Crippen molar-refractivity contribution in [3.05, 3.63) is 29.6 Å². The smallest absolute Gasteiger partial charge is 0.237 e. The number of nitrogens with zero attached hydrogens (tertiary/aromatic N) is 2. The van der Waals surface area contributed by atoms with E-state index in [0.717, 1.165) is 37.4 Å². The molecule has 0 aromatic heterocycles. The fraction of sp³-hybridized carbons (Fsp3) is 0.632. The van der Waals surface area contributed by atoms with Crippen LogP contribution in [0.15, 0.2) is 18.2 Å². The summed E-state index contributed by atoms with van der Waals surface area (Å²) in [6.45, 7) is 6.33. The van der Waals surface area contributed by atoms with E-state index in [4.69, 9.17) is 4.74 Å². The number of nitrogens with one attached hydrogen (secondary N) is 2. The summed E-state index contributed by atoms with van der Waals surface area (Å²) >= 11 is 0. The molecule has 1 aromatic carbocycles. The van der Waals surface area contributed by atoms with E-state index in [-0.39, 0.29) is 29.9 Å². The van der Waals surface area contributed by atoms with Crippen LogP contribution in [0.4, 0.5) is 10.1 Å². The molecule has 6 nitrogen and oxygen atoms in total. The molecule has 2 aliphatic rings. The Hall–Kier alpha value is -1.70. The lowest BCUT2D eigenvalue weighted by Crippen LogP contribution is -2.45. The minimum absolute atomic E-state index is 0.0642. The molecule has 0 spiro atoms. The standard InChI is InChI=1S/C19H29FN4O2/c1-13(22-19(25)17-11-15(26-3)12-21-17)16-10-14(20)4-5-18(16)24-8-6-23(2)7-9-24/h4-5,10,13,15,17,21H,6-9,11-12H2,1-3H3,(H,22,25)/t13?,15-,17+/m1/s1. The highest BCUT2D eigenvalue weighted by Crippen LogP contribution is 2.28. The fourth-order valence-corrected chi connectivity index (χ4v) is 3.68. The molecule has 2 aliphatic heterocycles. The Morgan fingerprint density at radius 2 is 2.08 bits per heavy atom. The van der Waals surface area contributed by atoms with Crippen molar-refractivity contribution in [3.8, 4) is 0 Å². The average molecular weight is 364 g/mol. The van der Waals surface area contributed by atoms with E-state index in [9.17, 15) is 9.18 Å². The number of halogens is 1. The zero-order chi connectivity index (χ0) is 18.7. The van der Waals surface area contributed by atoms with Gasteiger partial charge in [-0.05, 0) is 38.6 Å². The van der Waals surface area contributed by atoms with Gasteiger partial charge in [0.15, 0.2) is 0 Å².